The maximum Gasteiger partial charge on any atom is 0.337 e. The minimum absolute atomic E-state index is 0.0351. The number of rotatable bonds is 10. The Balaban J connectivity index is 1.86. The number of sulfonamides is 1. The van der Waals surface area contributed by atoms with E-state index in [0.717, 1.165) is 24.1 Å². The molecule has 3 aromatic rings. The van der Waals surface area contributed by atoms with Crippen molar-refractivity contribution in [1.29, 1.82) is 0 Å². The molecule has 0 spiro atoms. The van der Waals surface area contributed by atoms with Gasteiger partial charge < -0.3 is 10.4 Å². The molecule has 1 unspecified atom stereocenters. The van der Waals surface area contributed by atoms with Gasteiger partial charge in [0.05, 0.1) is 16.3 Å². The van der Waals surface area contributed by atoms with Crippen molar-refractivity contribution in [1.82, 2.24) is 4.72 Å². The van der Waals surface area contributed by atoms with Gasteiger partial charge in [0.15, 0.2) is 0 Å². The van der Waals surface area contributed by atoms with Crippen LogP contribution in [0, 0.1) is 5.82 Å². The van der Waals surface area contributed by atoms with Gasteiger partial charge in [0.25, 0.3) is 0 Å². The Morgan fingerprint density at radius 3 is 2.38 bits per heavy atom. The van der Waals surface area contributed by atoms with Crippen LogP contribution in [0.1, 0.15) is 40.7 Å². The molecule has 0 aliphatic heterocycles. The number of carboxylic acid groups (broad SMARTS) is 1. The van der Waals surface area contributed by atoms with Crippen LogP contribution < -0.4 is 10.0 Å². The molecular formula is C24H23Cl2FN2O4S. The first kappa shape index (κ1) is 26.0. The molecule has 10 heteroatoms. The Kier molecular flexibility index (Phi) is 8.54. The molecule has 0 aliphatic carbocycles. The third kappa shape index (κ3) is 6.07. The standard InChI is InChI=1S/C24H23Cl2FN2O4S/c1-2-15(16-7-4-3-5-8-16)13-28-22-12-20(26)23(11-17(22)24(30)31)34(32,33)29-14-18-19(25)9-6-10-21(18)27/h3-12,15,28-29H,2,13-14H2,1H3,(H,30,31). The minimum Gasteiger partial charge on any atom is -0.478 e. The predicted molar refractivity (Wildman–Crippen MR) is 132 cm³/mol. The van der Waals surface area contributed by atoms with Crippen molar-refractivity contribution < 1.29 is 22.7 Å². The first-order valence-electron chi connectivity index (χ1n) is 10.4. The van der Waals surface area contributed by atoms with E-state index >= 15 is 0 Å². The Bertz CT molecular complexity index is 1270. The summed E-state index contributed by atoms with van der Waals surface area (Å²) in [6.07, 6.45) is 0.808. The number of benzene rings is 3. The van der Waals surface area contributed by atoms with Crippen LogP contribution in [0.2, 0.25) is 10.0 Å². The third-order valence-corrected chi connectivity index (χ3v) is 7.62. The largest absolute Gasteiger partial charge is 0.478 e. The van der Waals surface area contributed by atoms with E-state index in [9.17, 15) is 22.7 Å². The maximum absolute atomic E-state index is 14.0. The zero-order chi connectivity index (χ0) is 24.9. The molecule has 3 N–H and O–H groups in total. The van der Waals surface area contributed by atoms with Crippen LogP contribution in [-0.4, -0.2) is 26.0 Å². The molecule has 0 bridgehead atoms. The minimum atomic E-state index is -4.27. The highest BCUT2D eigenvalue weighted by Gasteiger charge is 2.24. The summed E-state index contributed by atoms with van der Waals surface area (Å²) in [5.74, 6) is -1.88. The normalized spacial score (nSPS) is 12.4. The van der Waals surface area contributed by atoms with E-state index in [-0.39, 0.29) is 32.8 Å². The lowest BCUT2D eigenvalue weighted by Gasteiger charge is -2.19. The van der Waals surface area contributed by atoms with Crippen molar-refractivity contribution in [2.75, 3.05) is 11.9 Å². The predicted octanol–water partition coefficient (Wildman–Crippen LogP) is 5.91. The first-order chi connectivity index (χ1) is 16.1. The summed E-state index contributed by atoms with van der Waals surface area (Å²) in [6, 6.07) is 16.0. The molecule has 0 aliphatic rings. The fourth-order valence-corrected chi connectivity index (χ4v) is 5.26. The van der Waals surface area contributed by atoms with Gasteiger partial charge in [-0.15, -0.1) is 0 Å². The molecule has 0 heterocycles. The second kappa shape index (κ2) is 11.2. The van der Waals surface area contributed by atoms with Crippen LogP contribution >= 0.6 is 23.2 Å². The highest BCUT2D eigenvalue weighted by Crippen LogP contribution is 2.31. The summed E-state index contributed by atoms with van der Waals surface area (Å²) in [4.78, 5) is 11.5. The van der Waals surface area contributed by atoms with Crippen molar-refractivity contribution in [2.24, 2.45) is 0 Å². The Morgan fingerprint density at radius 2 is 1.76 bits per heavy atom. The second-order valence-corrected chi connectivity index (χ2v) is 10.1. The number of hydrogen-bond donors (Lipinski definition) is 3. The topological polar surface area (TPSA) is 95.5 Å². The first-order valence-corrected chi connectivity index (χ1v) is 12.7. The number of carboxylic acids is 1. The number of carbonyl (C=O) groups is 1. The lowest BCUT2D eigenvalue weighted by atomic mass is 9.96. The number of aromatic carboxylic acids is 1. The van der Waals surface area contributed by atoms with E-state index in [0.29, 0.717) is 6.54 Å². The molecule has 0 saturated heterocycles. The van der Waals surface area contributed by atoms with E-state index in [1.807, 2.05) is 37.3 Å². The maximum atomic E-state index is 14.0. The molecule has 0 saturated carbocycles. The number of nitrogens with one attached hydrogen (secondary N) is 2. The van der Waals surface area contributed by atoms with Gasteiger partial charge >= 0.3 is 5.97 Å². The third-order valence-electron chi connectivity index (χ3n) is 5.40. The molecule has 180 valence electrons. The molecular weight excluding hydrogens is 502 g/mol. The summed E-state index contributed by atoms with van der Waals surface area (Å²) in [6.45, 7) is 2.02. The van der Waals surface area contributed by atoms with Gasteiger partial charge in [0.1, 0.15) is 10.7 Å². The van der Waals surface area contributed by atoms with Gasteiger partial charge in [-0.1, -0.05) is 66.5 Å². The van der Waals surface area contributed by atoms with Crippen LogP contribution in [0.5, 0.6) is 0 Å². The molecule has 1 atom stereocenters. The fourth-order valence-electron chi connectivity index (χ4n) is 3.48. The molecule has 0 amide bonds. The van der Waals surface area contributed by atoms with E-state index in [4.69, 9.17) is 23.2 Å². The summed E-state index contributed by atoms with van der Waals surface area (Å²) < 4.78 is 41.9. The van der Waals surface area contributed by atoms with E-state index in [1.54, 1.807) is 0 Å². The molecule has 3 aromatic carbocycles. The van der Waals surface area contributed by atoms with Gasteiger partial charge in [-0.25, -0.2) is 22.3 Å². The second-order valence-electron chi connectivity index (χ2n) is 7.55. The summed E-state index contributed by atoms with van der Waals surface area (Å²) in [5, 5.41) is 12.7. The number of anilines is 1. The van der Waals surface area contributed by atoms with Crippen LogP contribution in [0.25, 0.3) is 0 Å². The highest BCUT2D eigenvalue weighted by atomic mass is 35.5. The summed E-state index contributed by atoms with van der Waals surface area (Å²) in [7, 11) is -4.27. The van der Waals surface area contributed by atoms with Gasteiger partial charge in [-0.2, -0.15) is 0 Å². The van der Waals surface area contributed by atoms with Crippen LogP contribution in [0.15, 0.2) is 65.6 Å². The lowest BCUT2D eigenvalue weighted by Crippen LogP contribution is -2.25. The molecule has 34 heavy (non-hydrogen) atoms. The Hall–Kier alpha value is -2.65. The van der Waals surface area contributed by atoms with E-state index in [2.05, 4.69) is 10.0 Å². The van der Waals surface area contributed by atoms with Crippen molar-refractivity contribution in [3.63, 3.8) is 0 Å². The van der Waals surface area contributed by atoms with Crippen LogP contribution in [0.4, 0.5) is 10.1 Å². The zero-order valence-corrected chi connectivity index (χ0v) is 20.5. The quantitative estimate of drug-likeness (QED) is 0.306. The van der Waals surface area contributed by atoms with Crippen molar-refractivity contribution in [3.05, 3.63) is 93.2 Å². The van der Waals surface area contributed by atoms with Crippen molar-refractivity contribution >= 4 is 44.9 Å². The van der Waals surface area contributed by atoms with Crippen LogP contribution in [0.3, 0.4) is 0 Å². The Labute approximate surface area is 207 Å². The molecule has 0 aromatic heterocycles. The molecule has 6 nitrogen and oxygen atoms in total. The highest BCUT2D eigenvalue weighted by molar-refractivity contribution is 7.89. The molecule has 0 fully saturated rings. The van der Waals surface area contributed by atoms with Gasteiger partial charge in [-0.3, -0.25) is 0 Å². The average Bonchev–Trinajstić information content (AvgIpc) is 2.79. The smallest absolute Gasteiger partial charge is 0.337 e. The van der Waals surface area contributed by atoms with Crippen molar-refractivity contribution in [2.45, 2.75) is 30.7 Å². The lowest BCUT2D eigenvalue weighted by molar-refractivity contribution is 0.0697. The van der Waals surface area contributed by atoms with Gasteiger partial charge in [0.2, 0.25) is 10.0 Å². The zero-order valence-electron chi connectivity index (χ0n) is 18.2. The van der Waals surface area contributed by atoms with Crippen molar-refractivity contribution in [3.8, 4) is 0 Å². The molecule has 0 radical (unpaired) electrons. The SMILES string of the molecule is CCC(CNc1cc(Cl)c(S(=O)(=O)NCc2c(F)cccc2Cl)cc1C(=O)O)c1ccccc1. The number of halogens is 3. The monoisotopic (exact) mass is 524 g/mol. The van der Waals surface area contributed by atoms with Crippen LogP contribution in [-0.2, 0) is 16.6 Å². The fraction of sp³-hybridized carbons (Fsp3) is 0.208. The average molecular weight is 525 g/mol. The van der Waals surface area contributed by atoms with E-state index in [1.165, 1.54) is 18.2 Å². The van der Waals surface area contributed by atoms with E-state index < -0.39 is 33.3 Å². The van der Waals surface area contributed by atoms with Gasteiger partial charge in [-0.05, 0) is 36.2 Å². The van der Waals surface area contributed by atoms with Gasteiger partial charge in [0, 0.05) is 29.6 Å². The summed E-state index contributed by atoms with van der Waals surface area (Å²) in [5.41, 5.74) is 1.00. The number of hydrogen-bond acceptors (Lipinski definition) is 4. The summed E-state index contributed by atoms with van der Waals surface area (Å²) >= 11 is 12.2. The molecule has 3 rings (SSSR count). The Morgan fingerprint density at radius 1 is 1.06 bits per heavy atom.